The van der Waals surface area contributed by atoms with Crippen LogP contribution in [0, 0.1) is 0 Å². The third kappa shape index (κ3) is 3.68. The van der Waals surface area contributed by atoms with E-state index >= 15 is 0 Å². The highest BCUT2D eigenvalue weighted by molar-refractivity contribution is 5.59. The average molecular weight is 256 g/mol. The van der Waals surface area contributed by atoms with E-state index in [4.69, 9.17) is 0 Å². The molecule has 1 aromatic carbocycles. The van der Waals surface area contributed by atoms with Gasteiger partial charge < -0.3 is 10.6 Å². The number of rotatable bonds is 6. The number of anilines is 3. The zero-order valence-electron chi connectivity index (χ0n) is 11.5. The predicted octanol–water partition coefficient (Wildman–Crippen LogP) is 3.60. The normalized spacial score (nSPS) is 10.2. The van der Waals surface area contributed by atoms with Gasteiger partial charge in [0.15, 0.2) is 0 Å². The molecule has 2 rings (SSSR count). The fourth-order valence-corrected chi connectivity index (χ4v) is 1.84. The predicted molar refractivity (Wildman–Crippen MR) is 79.9 cm³/mol. The van der Waals surface area contributed by atoms with Crippen molar-refractivity contribution in [1.82, 2.24) is 9.97 Å². The molecule has 0 bridgehead atoms. The molecule has 0 unspecified atom stereocenters. The highest BCUT2D eigenvalue weighted by atomic mass is 15.1. The molecule has 1 aromatic heterocycles. The molecule has 0 amide bonds. The molecule has 2 N–H and O–H groups in total. The molecule has 2 aromatic rings. The van der Waals surface area contributed by atoms with Crippen LogP contribution >= 0.6 is 0 Å². The summed E-state index contributed by atoms with van der Waals surface area (Å²) in [5.41, 5.74) is 2.33. The number of nitrogens with one attached hydrogen (secondary N) is 2. The van der Waals surface area contributed by atoms with Crippen molar-refractivity contribution in [3.05, 3.63) is 42.1 Å². The summed E-state index contributed by atoms with van der Waals surface area (Å²) in [6.45, 7) is 5.19. The van der Waals surface area contributed by atoms with Crippen LogP contribution < -0.4 is 10.6 Å². The van der Waals surface area contributed by atoms with Gasteiger partial charge in [0.25, 0.3) is 0 Å². The lowest BCUT2D eigenvalue weighted by Crippen LogP contribution is -2.05. The lowest BCUT2D eigenvalue weighted by Gasteiger charge is -2.10. The van der Waals surface area contributed by atoms with Gasteiger partial charge in [-0.15, -0.1) is 0 Å². The van der Waals surface area contributed by atoms with E-state index in [0.29, 0.717) is 5.95 Å². The number of aromatic nitrogens is 2. The van der Waals surface area contributed by atoms with E-state index in [1.165, 1.54) is 5.56 Å². The molecule has 4 heteroatoms. The lowest BCUT2D eigenvalue weighted by molar-refractivity contribution is 0.965. The molecule has 0 fully saturated rings. The van der Waals surface area contributed by atoms with Crippen molar-refractivity contribution in [3.8, 4) is 0 Å². The minimum atomic E-state index is 0.627. The first-order valence-electron chi connectivity index (χ1n) is 6.75. The molecule has 0 radical (unpaired) electrons. The van der Waals surface area contributed by atoms with Crippen molar-refractivity contribution < 1.29 is 0 Å². The van der Waals surface area contributed by atoms with Gasteiger partial charge in [0.05, 0.1) is 0 Å². The van der Waals surface area contributed by atoms with Gasteiger partial charge in [-0.25, -0.2) is 4.98 Å². The summed E-state index contributed by atoms with van der Waals surface area (Å²) >= 11 is 0. The molecule has 0 saturated heterocycles. The van der Waals surface area contributed by atoms with Crippen LogP contribution in [0.5, 0.6) is 0 Å². The van der Waals surface area contributed by atoms with Crippen molar-refractivity contribution >= 4 is 17.5 Å². The summed E-state index contributed by atoms with van der Waals surface area (Å²) < 4.78 is 0. The Morgan fingerprint density at radius 2 is 1.95 bits per heavy atom. The summed E-state index contributed by atoms with van der Waals surface area (Å²) in [7, 11) is 0. The van der Waals surface area contributed by atoms with Gasteiger partial charge in [-0.1, -0.05) is 32.0 Å². The number of nitrogens with zero attached hydrogens (tertiary/aromatic N) is 2. The van der Waals surface area contributed by atoms with Gasteiger partial charge in [-0.2, -0.15) is 4.98 Å². The average Bonchev–Trinajstić information content (AvgIpc) is 2.46. The molecular formula is C15H20N4. The van der Waals surface area contributed by atoms with Crippen LogP contribution in [-0.4, -0.2) is 16.5 Å². The number of hydrogen-bond acceptors (Lipinski definition) is 4. The first kappa shape index (κ1) is 13.3. The van der Waals surface area contributed by atoms with Crippen LogP contribution in [-0.2, 0) is 6.42 Å². The van der Waals surface area contributed by atoms with Crippen molar-refractivity contribution in [2.75, 3.05) is 17.2 Å². The molecule has 0 saturated carbocycles. The van der Waals surface area contributed by atoms with E-state index in [9.17, 15) is 0 Å². The summed E-state index contributed by atoms with van der Waals surface area (Å²) in [5.74, 6) is 1.48. The Labute approximate surface area is 114 Å². The fourth-order valence-electron chi connectivity index (χ4n) is 1.84. The molecule has 19 heavy (non-hydrogen) atoms. The summed E-state index contributed by atoms with van der Waals surface area (Å²) in [6, 6.07) is 10.1. The van der Waals surface area contributed by atoms with Gasteiger partial charge >= 0.3 is 0 Å². The Morgan fingerprint density at radius 3 is 2.74 bits per heavy atom. The molecular weight excluding hydrogens is 236 g/mol. The second-order valence-corrected chi connectivity index (χ2v) is 4.33. The number of benzene rings is 1. The Balaban J connectivity index is 2.14. The summed E-state index contributed by atoms with van der Waals surface area (Å²) in [6.07, 6.45) is 3.82. The van der Waals surface area contributed by atoms with E-state index in [-0.39, 0.29) is 0 Å². The molecule has 0 aliphatic rings. The van der Waals surface area contributed by atoms with E-state index in [0.717, 1.165) is 30.9 Å². The second-order valence-electron chi connectivity index (χ2n) is 4.33. The molecule has 0 atom stereocenters. The Bertz CT molecular complexity index is 525. The molecule has 4 nitrogen and oxygen atoms in total. The highest BCUT2D eigenvalue weighted by Crippen LogP contribution is 2.19. The highest BCUT2D eigenvalue weighted by Gasteiger charge is 2.03. The lowest BCUT2D eigenvalue weighted by atomic mass is 10.1. The summed E-state index contributed by atoms with van der Waals surface area (Å²) in [4.78, 5) is 8.70. The van der Waals surface area contributed by atoms with Crippen LogP contribution in [0.2, 0.25) is 0 Å². The van der Waals surface area contributed by atoms with E-state index < -0.39 is 0 Å². The van der Waals surface area contributed by atoms with E-state index in [2.05, 4.69) is 40.5 Å². The maximum Gasteiger partial charge on any atom is 0.229 e. The third-order valence-electron chi connectivity index (χ3n) is 2.86. The third-order valence-corrected chi connectivity index (χ3v) is 2.86. The smallest absolute Gasteiger partial charge is 0.229 e. The van der Waals surface area contributed by atoms with Crippen molar-refractivity contribution in [2.45, 2.75) is 26.7 Å². The van der Waals surface area contributed by atoms with Crippen LogP contribution in [0.1, 0.15) is 25.8 Å². The molecule has 1 heterocycles. The molecule has 100 valence electrons. The molecule has 0 spiro atoms. The van der Waals surface area contributed by atoms with Gasteiger partial charge in [0, 0.05) is 18.4 Å². The second kappa shape index (κ2) is 6.73. The Kier molecular flexibility index (Phi) is 4.72. The Morgan fingerprint density at radius 1 is 1.11 bits per heavy atom. The van der Waals surface area contributed by atoms with Crippen LogP contribution in [0.25, 0.3) is 0 Å². The minimum absolute atomic E-state index is 0.627. The van der Waals surface area contributed by atoms with Crippen molar-refractivity contribution in [2.24, 2.45) is 0 Å². The van der Waals surface area contributed by atoms with Crippen LogP contribution in [0.15, 0.2) is 36.5 Å². The number of aryl methyl sites for hydroxylation is 1. The SMILES string of the molecule is CCCNc1ccnc(Nc2ccccc2CC)n1. The van der Waals surface area contributed by atoms with Gasteiger partial charge in [0.2, 0.25) is 5.95 Å². The maximum absolute atomic E-state index is 4.45. The topological polar surface area (TPSA) is 49.8 Å². The van der Waals surface area contributed by atoms with Crippen LogP contribution in [0.3, 0.4) is 0 Å². The first-order chi connectivity index (χ1) is 9.33. The molecule has 0 aliphatic heterocycles. The van der Waals surface area contributed by atoms with Gasteiger partial charge in [0.1, 0.15) is 5.82 Å². The zero-order chi connectivity index (χ0) is 13.5. The van der Waals surface area contributed by atoms with Gasteiger partial charge in [-0.05, 0) is 30.5 Å². The monoisotopic (exact) mass is 256 g/mol. The number of hydrogen-bond donors (Lipinski definition) is 2. The maximum atomic E-state index is 4.45. The first-order valence-corrected chi connectivity index (χ1v) is 6.75. The summed E-state index contributed by atoms with van der Waals surface area (Å²) in [5, 5.41) is 6.54. The van der Waals surface area contributed by atoms with Gasteiger partial charge in [-0.3, -0.25) is 0 Å². The Hall–Kier alpha value is -2.10. The largest absolute Gasteiger partial charge is 0.370 e. The van der Waals surface area contributed by atoms with E-state index in [1.807, 2.05) is 24.3 Å². The quantitative estimate of drug-likeness (QED) is 0.829. The van der Waals surface area contributed by atoms with Crippen LogP contribution in [0.4, 0.5) is 17.5 Å². The standard InChI is InChI=1S/C15H20N4/c1-3-10-16-14-9-11-17-15(19-14)18-13-8-6-5-7-12(13)4-2/h5-9,11H,3-4,10H2,1-2H3,(H2,16,17,18,19). The van der Waals surface area contributed by atoms with E-state index in [1.54, 1.807) is 6.20 Å². The van der Waals surface area contributed by atoms with Crippen molar-refractivity contribution in [3.63, 3.8) is 0 Å². The minimum Gasteiger partial charge on any atom is -0.370 e. The zero-order valence-corrected chi connectivity index (χ0v) is 11.5. The fraction of sp³-hybridized carbons (Fsp3) is 0.333. The molecule has 0 aliphatic carbocycles. The van der Waals surface area contributed by atoms with Crippen molar-refractivity contribution in [1.29, 1.82) is 0 Å². The number of para-hydroxylation sites is 1.